The van der Waals surface area contributed by atoms with E-state index < -0.39 is 0 Å². The molecular weight excluding hydrogens is 350 g/mol. The van der Waals surface area contributed by atoms with Crippen LogP contribution in [0.1, 0.15) is 30.9 Å². The number of piperazine rings is 1. The summed E-state index contributed by atoms with van der Waals surface area (Å²) in [5, 5.41) is 11.8. The van der Waals surface area contributed by atoms with Gasteiger partial charge in [-0.2, -0.15) is 5.26 Å². The summed E-state index contributed by atoms with van der Waals surface area (Å²) in [6.07, 6.45) is 6.22. The predicted molar refractivity (Wildman–Crippen MR) is 113 cm³/mol. The molecule has 1 N–H and O–H groups in total. The van der Waals surface area contributed by atoms with Crippen molar-refractivity contribution in [3.05, 3.63) is 53.7 Å². The van der Waals surface area contributed by atoms with Gasteiger partial charge in [0.2, 0.25) is 6.41 Å². The number of anilines is 2. The maximum atomic E-state index is 10.5. The molecule has 0 radical (unpaired) electrons. The molecule has 148 valence electrons. The van der Waals surface area contributed by atoms with Gasteiger partial charge in [-0.05, 0) is 42.7 Å². The van der Waals surface area contributed by atoms with Gasteiger partial charge in [-0.15, -0.1) is 0 Å². The van der Waals surface area contributed by atoms with Crippen molar-refractivity contribution >= 4 is 17.9 Å². The smallest absolute Gasteiger partial charge is 0.209 e. The monoisotopic (exact) mass is 379 g/mol. The predicted octanol–water partition coefficient (Wildman–Crippen LogP) is 3.30. The van der Waals surface area contributed by atoms with Crippen LogP contribution in [0.15, 0.2) is 42.6 Å². The Morgan fingerprint density at radius 3 is 2.36 bits per heavy atom. The normalized spacial score (nSPS) is 13.2. The second-order valence-corrected chi connectivity index (χ2v) is 6.70. The molecule has 2 aromatic rings. The summed E-state index contributed by atoms with van der Waals surface area (Å²) in [5.41, 5.74) is 3.20. The zero-order valence-corrected chi connectivity index (χ0v) is 16.8. The maximum absolute atomic E-state index is 10.5. The van der Waals surface area contributed by atoms with Gasteiger partial charge in [0.25, 0.3) is 0 Å². The van der Waals surface area contributed by atoms with Gasteiger partial charge in [-0.25, -0.2) is 4.98 Å². The Morgan fingerprint density at radius 1 is 1.14 bits per heavy atom. The fraction of sp³-hybridized carbons (Fsp3) is 0.409. The molecule has 1 aliphatic rings. The quantitative estimate of drug-likeness (QED) is 0.780. The minimum atomic E-state index is 0.565. The molecule has 1 aliphatic heterocycles. The molecule has 28 heavy (non-hydrogen) atoms. The lowest BCUT2D eigenvalue weighted by molar-refractivity contribution is -0.118. The highest BCUT2D eigenvalue weighted by Gasteiger charge is 2.16. The Balaban J connectivity index is 0.000000209. The summed E-state index contributed by atoms with van der Waals surface area (Å²) in [6.45, 7) is 5.26. The van der Waals surface area contributed by atoms with Gasteiger partial charge >= 0.3 is 0 Å². The van der Waals surface area contributed by atoms with E-state index in [9.17, 15) is 4.79 Å². The lowest BCUT2D eigenvalue weighted by atomic mass is 10.1. The van der Waals surface area contributed by atoms with E-state index in [1.165, 1.54) is 30.5 Å². The molecule has 0 aliphatic carbocycles. The van der Waals surface area contributed by atoms with Crippen molar-refractivity contribution in [3.8, 4) is 6.07 Å². The number of benzene rings is 1. The number of nitriles is 1. The number of aromatic nitrogens is 1. The van der Waals surface area contributed by atoms with Crippen molar-refractivity contribution in [3.63, 3.8) is 0 Å². The third-order valence-electron chi connectivity index (χ3n) is 4.73. The first-order valence-electron chi connectivity index (χ1n) is 9.77. The summed E-state index contributed by atoms with van der Waals surface area (Å²) < 4.78 is 0. The molecule has 1 aromatic carbocycles. The Labute approximate surface area is 167 Å². The standard InChI is InChI=1S/C11H12N4O.C11H17N/c12-7-10-1-2-11(13-8-10)15-5-3-14(9-16)4-6-15;1-3-4-5-10-6-8-11(12-2)9-7-10/h1-2,8-9H,3-6H2;6-9,12H,3-5H2,1-2H3. The van der Waals surface area contributed by atoms with Crippen LogP contribution in [0.3, 0.4) is 0 Å². The molecule has 1 saturated heterocycles. The first-order chi connectivity index (χ1) is 13.7. The highest BCUT2D eigenvalue weighted by Crippen LogP contribution is 2.13. The van der Waals surface area contributed by atoms with Crippen LogP contribution in [0, 0.1) is 11.3 Å². The van der Waals surface area contributed by atoms with Crippen molar-refractivity contribution in [2.45, 2.75) is 26.2 Å². The fourth-order valence-electron chi connectivity index (χ4n) is 2.91. The van der Waals surface area contributed by atoms with Crippen LogP contribution < -0.4 is 10.2 Å². The number of carbonyl (C=O) groups is 1. The summed E-state index contributed by atoms with van der Waals surface area (Å²) in [4.78, 5) is 18.6. The van der Waals surface area contributed by atoms with E-state index in [4.69, 9.17) is 5.26 Å². The number of nitrogens with zero attached hydrogens (tertiary/aromatic N) is 4. The van der Waals surface area contributed by atoms with Crippen LogP contribution >= 0.6 is 0 Å². The van der Waals surface area contributed by atoms with E-state index in [1.54, 1.807) is 17.2 Å². The van der Waals surface area contributed by atoms with Crippen molar-refractivity contribution in [1.29, 1.82) is 5.26 Å². The van der Waals surface area contributed by atoms with Crippen LogP contribution in [0.2, 0.25) is 0 Å². The topological polar surface area (TPSA) is 72.3 Å². The van der Waals surface area contributed by atoms with Crippen molar-refractivity contribution in [1.82, 2.24) is 9.88 Å². The van der Waals surface area contributed by atoms with Crippen LogP contribution in [-0.2, 0) is 11.2 Å². The fourth-order valence-corrected chi connectivity index (χ4v) is 2.91. The average molecular weight is 380 g/mol. The van der Waals surface area contributed by atoms with Crippen LogP contribution in [0.5, 0.6) is 0 Å². The average Bonchev–Trinajstić information content (AvgIpc) is 2.78. The SMILES string of the molecule is CCCCc1ccc(NC)cc1.N#Cc1ccc(N2CCN(C=O)CC2)nc1. The van der Waals surface area contributed by atoms with Gasteiger partial charge in [-0.1, -0.05) is 25.5 Å². The molecule has 0 bridgehead atoms. The lowest BCUT2D eigenvalue weighted by Crippen LogP contribution is -2.46. The summed E-state index contributed by atoms with van der Waals surface area (Å²) in [6, 6.07) is 14.3. The number of hydrogen-bond acceptors (Lipinski definition) is 5. The van der Waals surface area contributed by atoms with E-state index in [-0.39, 0.29) is 0 Å². The summed E-state index contributed by atoms with van der Waals surface area (Å²) in [5.74, 6) is 0.865. The van der Waals surface area contributed by atoms with Gasteiger partial charge < -0.3 is 15.1 Å². The largest absolute Gasteiger partial charge is 0.388 e. The summed E-state index contributed by atoms with van der Waals surface area (Å²) in [7, 11) is 1.95. The maximum Gasteiger partial charge on any atom is 0.209 e. The molecule has 1 amide bonds. The Hall–Kier alpha value is -3.07. The number of unbranched alkanes of at least 4 members (excludes halogenated alkanes) is 1. The number of rotatable bonds is 6. The second-order valence-electron chi connectivity index (χ2n) is 6.70. The molecule has 0 unspecified atom stereocenters. The zero-order chi connectivity index (χ0) is 20.2. The van der Waals surface area contributed by atoms with Gasteiger partial charge in [0, 0.05) is 45.1 Å². The highest BCUT2D eigenvalue weighted by atomic mass is 16.1. The van der Waals surface area contributed by atoms with Crippen LogP contribution in [0.4, 0.5) is 11.5 Å². The Morgan fingerprint density at radius 2 is 1.86 bits per heavy atom. The molecule has 1 aromatic heterocycles. The van der Waals surface area contributed by atoms with E-state index in [0.717, 1.165) is 38.4 Å². The molecule has 2 heterocycles. The summed E-state index contributed by atoms with van der Waals surface area (Å²) >= 11 is 0. The molecule has 6 heteroatoms. The first kappa shape index (κ1) is 21.2. The number of nitrogens with one attached hydrogen (secondary N) is 1. The lowest BCUT2D eigenvalue weighted by Gasteiger charge is -2.33. The van der Waals surface area contributed by atoms with Crippen LogP contribution in [-0.4, -0.2) is 49.5 Å². The second kappa shape index (κ2) is 11.6. The molecule has 0 spiro atoms. The Kier molecular flexibility index (Phi) is 8.80. The third kappa shape index (κ3) is 6.58. The third-order valence-corrected chi connectivity index (χ3v) is 4.73. The highest BCUT2D eigenvalue weighted by molar-refractivity contribution is 5.49. The van der Waals surface area contributed by atoms with E-state index in [1.807, 2.05) is 19.2 Å². The molecule has 6 nitrogen and oxygen atoms in total. The minimum Gasteiger partial charge on any atom is -0.388 e. The minimum absolute atomic E-state index is 0.565. The van der Waals surface area contributed by atoms with Gasteiger partial charge in [0.05, 0.1) is 5.56 Å². The number of hydrogen-bond donors (Lipinski definition) is 1. The van der Waals surface area contributed by atoms with E-state index in [0.29, 0.717) is 5.56 Å². The van der Waals surface area contributed by atoms with Crippen molar-refractivity contribution in [2.24, 2.45) is 0 Å². The Bertz CT molecular complexity index is 744. The van der Waals surface area contributed by atoms with Gasteiger partial charge in [0.15, 0.2) is 0 Å². The number of pyridine rings is 1. The van der Waals surface area contributed by atoms with Crippen molar-refractivity contribution in [2.75, 3.05) is 43.4 Å². The van der Waals surface area contributed by atoms with E-state index >= 15 is 0 Å². The van der Waals surface area contributed by atoms with Crippen LogP contribution in [0.25, 0.3) is 0 Å². The zero-order valence-electron chi connectivity index (χ0n) is 16.8. The van der Waals surface area contributed by atoms with E-state index in [2.05, 4.69) is 46.4 Å². The van der Waals surface area contributed by atoms with Gasteiger partial charge in [0.1, 0.15) is 11.9 Å². The molecule has 1 fully saturated rings. The molecular formula is C22H29N5O. The molecule has 0 atom stereocenters. The number of amides is 1. The number of carbonyl (C=O) groups excluding carboxylic acids is 1. The molecule has 3 rings (SSSR count). The first-order valence-corrected chi connectivity index (χ1v) is 9.77. The number of aryl methyl sites for hydroxylation is 1. The van der Waals surface area contributed by atoms with Crippen molar-refractivity contribution < 1.29 is 4.79 Å². The van der Waals surface area contributed by atoms with Gasteiger partial charge in [-0.3, -0.25) is 4.79 Å². The molecule has 0 saturated carbocycles.